The Morgan fingerprint density at radius 1 is 0.696 bits per heavy atom. The number of carbonyl (C=O) groups excluding carboxylic acids is 7. The number of amides is 4. The lowest BCUT2D eigenvalue weighted by atomic mass is 9.43. The number of nitrogens with zero attached hydrogens (tertiary/aromatic N) is 2. The minimum absolute atomic E-state index is 0.00757. The van der Waals surface area contributed by atoms with Crippen LogP contribution in [0.2, 0.25) is 0 Å². The first-order valence-electron chi connectivity index (χ1n) is 24.5. The van der Waals surface area contributed by atoms with Crippen LogP contribution < -0.4 is 15.4 Å². The predicted octanol–water partition coefficient (Wildman–Crippen LogP) is 5.86. The van der Waals surface area contributed by atoms with Crippen molar-refractivity contribution >= 4 is 52.9 Å². The summed E-state index contributed by atoms with van der Waals surface area (Å²) in [6, 6.07) is 10.8. The summed E-state index contributed by atoms with van der Waals surface area (Å²) < 4.78 is 21.8. The largest absolute Gasteiger partial charge is 0.467 e. The number of aliphatic hydroxyl groups is 2. The Kier molecular flexibility index (Phi) is 15.8. The van der Waals surface area contributed by atoms with Crippen molar-refractivity contribution in [2.45, 2.75) is 136 Å². The topological polar surface area (TPSA) is 227 Å². The number of hydrogen-bond acceptors (Lipinski definition) is 13. The van der Waals surface area contributed by atoms with Gasteiger partial charge in [0.15, 0.2) is 0 Å². The Hall–Kier alpha value is -5.55. The van der Waals surface area contributed by atoms with Crippen molar-refractivity contribution < 1.29 is 62.7 Å². The van der Waals surface area contributed by atoms with Gasteiger partial charge < -0.3 is 49.6 Å². The van der Waals surface area contributed by atoms with Crippen molar-refractivity contribution in [1.29, 1.82) is 0 Å². The molecule has 0 unspecified atom stereocenters. The number of nitrogens with one attached hydrogen (secondary N) is 2. The van der Waals surface area contributed by atoms with Crippen LogP contribution in [0.15, 0.2) is 48.5 Å². The van der Waals surface area contributed by atoms with Crippen molar-refractivity contribution in [1.82, 2.24) is 9.80 Å². The molecule has 4 saturated carbocycles. The summed E-state index contributed by atoms with van der Waals surface area (Å²) in [7, 11) is 2.42. The molecule has 69 heavy (non-hydrogen) atoms. The molecule has 12 bridgehead atoms. The molecule has 8 aliphatic heterocycles. The molecule has 2 aromatic carbocycles. The summed E-state index contributed by atoms with van der Waals surface area (Å²) in [4.78, 5) is 95.5. The van der Waals surface area contributed by atoms with Gasteiger partial charge in [0.2, 0.25) is 23.6 Å². The summed E-state index contributed by atoms with van der Waals surface area (Å²) in [6.07, 6.45) is 2.89. The predicted molar refractivity (Wildman–Crippen MR) is 252 cm³/mol. The molecule has 0 aromatic heterocycles. The van der Waals surface area contributed by atoms with E-state index in [9.17, 15) is 43.8 Å². The van der Waals surface area contributed by atoms with E-state index >= 15 is 0 Å². The fraction of sp³-hybridized carbons (Fsp3) is 0.635. The molecule has 0 saturated heterocycles. The molecule has 8 heterocycles. The van der Waals surface area contributed by atoms with Gasteiger partial charge in [-0.3, -0.25) is 24.0 Å². The van der Waals surface area contributed by atoms with Crippen molar-refractivity contribution in [2.24, 2.45) is 46.3 Å². The van der Waals surface area contributed by atoms with E-state index in [1.165, 1.54) is 33.0 Å². The van der Waals surface area contributed by atoms with Gasteiger partial charge in [-0.25, -0.2) is 9.59 Å². The summed E-state index contributed by atoms with van der Waals surface area (Å²) >= 11 is 0. The molecule has 376 valence electrons. The number of esters is 3. The van der Waals surface area contributed by atoms with E-state index in [4.69, 9.17) is 18.9 Å². The third-order valence-electron chi connectivity index (χ3n) is 17.0. The summed E-state index contributed by atoms with van der Waals surface area (Å²) in [6.45, 7) is 8.62. The monoisotopic (exact) mass is 958 g/mol. The second-order valence-corrected chi connectivity index (χ2v) is 20.7. The quantitative estimate of drug-likeness (QED) is 0.208. The molecule has 17 nitrogen and oxygen atoms in total. The van der Waals surface area contributed by atoms with Gasteiger partial charge in [0.05, 0.1) is 32.8 Å². The van der Waals surface area contributed by atoms with Gasteiger partial charge in [0, 0.05) is 24.2 Å². The van der Waals surface area contributed by atoms with Crippen molar-refractivity contribution in [2.75, 3.05) is 37.9 Å². The Labute approximate surface area is 404 Å². The zero-order chi connectivity index (χ0) is 49.9. The average Bonchev–Trinajstić information content (AvgIpc) is 3.69. The number of aliphatic hydroxyl groups excluding tert-OH is 2. The number of carbonyl (C=O) groups is 7. The van der Waals surface area contributed by atoms with E-state index in [-0.39, 0.29) is 66.1 Å². The Morgan fingerprint density at radius 2 is 1.22 bits per heavy atom. The standard InChI is InChI=1S/C52H70N4O13/c1-29-8-19-45(61)55(30(2)49(64)66-6)27-43(59)53-33-9-13-35(14-10-33)68-36-15-11-34(12-16-36)54-44(60)28-56(31(3)50(65)67-7)46(62)20-21-47(63)69-37-22-23-51(4)32(24-37)25-41(57)48-39-18-17-38(29)52(39,5)42(58)26-40(48)51/h9-16,29-32,37-42,48,57-58H,8,17-28H2,1-7H3,(H,53,59)(H,54,60)/t29-,30+,31+,32+,37-,38-,39+,40+,41-,42+,48+,51+,52-/m1/s1. The van der Waals surface area contributed by atoms with Crippen LogP contribution >= 0.6 is 0 Å². The molecule has 13 atom stereocenters. The van der Waals surface area contributed by atoms with Gasteiger partial charge in [-0.15, -0.1) is 0 Å². The van der Waals surface area contributed by atoms with E-state index in [1.54, 1.807) is 48.5 Å². The smallest absolute Gasteiger partial charge is 0.328 e. The first kappa shape index (κ1) is 51.3. The summed E-state index contributed by atoms with van der Waals surface area (Å²) in [5.74, 6) is -3.00. The molecule has 0 spiro atoms. The Balaban J connectivity index is 1.12. The number of anilines is 2. The van der Waals surface area contributed by atoms with Gasteiger partial charge in [-0.1, -0.05) is 20.8 Å². The van der Waals surface area contributed by atoms with Crippen LogP contribution in [-0.2, 0) is 47.8 Å². The minimum atomic E-state index is -1.12. The second-order valence-electron chi connectivity index (χ2n) is 20.7. The highest BCUT2D eigenvalue weighted by molar-refractivity contribution is 5.97. The van der Waals surface area contributed by atoms with Crippen molar-refractivity contribution in [3.63, 3.8) is 0 Å². The normalized spacial score (nSPS) is 33.6. The molecule has 0 radical (unpaired) electrons. The third kappa shape index (κ3) is 10.8. The lowest BCUT2D eigenvalue weighted by Gasteiger charge is -2.63. The Morgan fingerprint density at radius 3 is 1.75 bits per heavy atom. The van der Waals surface area contributed by atoms with E-state index in [1.807, 2.05) is 0 Å². The molecule has 4 aliphatic carbocycles. The molecule has 4 fully saturated rings. The van der Waals surface area contributed by atoms with Crippen LogP contribution in [0.4, 0.5) is 11.4 Å². The fourth-order valence-electron chi connectivity index (χ4n) is 13.1. The molecular formula is C52H70N4O13. The minimum Gasteiger partial charge on any atom is -0.467 e. The van der Waals surface area contributed by atoms with Crippen LogP contribution in [0, 0.1) is 46.3 Å². The van der Waals surface area contributed by atoms with Gasteiger partial charge in [0.25, 0.3) is 0 Å². The SMILES string of the molecule is COC(=O)[C@H](C)N1CC(=O)Nc2ccc(cc2)Oc2ccc(cc2)NC(=O)CN([C@@H](C)C(=O)OC)C(=O)CC[C@@H](C)[C@H]2CC[C@H]3[C@@H]4[C@H](O)C[C@@H]5C[C@@H](CC[C@]5(C)[C@H]4C[C@H](O)[C@]23C)OC(=O)CCC1=O. The van der Waals surface area contributed by atoms with Gasteiger partial charge in [0.1, 0.15) is 42.8 Å². The number of methoxy groups -OCH3 is 2. The van der Waals surface area contributed by atoms with E-state index < -0.39 is 84.5 Å². The molecule has 17 heteroatoms. The third-order valence-corrected chi connectivity index (χ3v) is 17.0. The highest BCUT2D eigenvalue weighted by Gasteiger charge is 2.66. The van der Waals surface area contributed by atoms with Crippen LogP contribution in [0.1, 0.15) is 105 Å². The molecule has 4 N–H and O–H groups in total. The van der Waals surface area contributed by atoms with Gasteiger partial charge in [-0.2, -0.15) is 0 Å². The van der Waals surface area contributed by atoms with Crippen molar-refractivity contribution in [3.8, 4) is 11.5 Å². The van der Waals surface area contributed by atoms with E-state index in [2.05, 4.69) is 31.4 Å². The highest BCUT2D eigenvalue weighted by Crippen LogP contribution is 2.68. The molecule has 4 amide bonds. The molecule has 14 rings (SSSR count). The average molecular weight is 959 g/mol. The van der Waals surface area contributed by atoms with E-state index in [0.717, 1.165) is 24.2 Å². The lowest BCUT2D eigenvalue weighted by Crippen LogP contribution is -2.62. The van der Waals surface area contributed by atoms with E-state index in [0.29, 0.717) is 55.0 Å². The second kappa shape index (κ2) is 21.2. The number of ether oxygens (including phenoxy) is 4. The molecular weight excluding hydrogens is 889 g/mol. The fourth-order valence-corrected chi connectivity index (χ4v) is 13.1. The molecule has 12 aliphatic rings. The highest BCUT2D eigenvalue weighted by atomic mass is 16.5. The Bertz CT molecular complexity index is 2240. The lowest BCUT2D eigenvalue weighted by molar-refractivity contribution is -0.209. The summed E-state index contributed by atoms with van der Waals surface area (Å²) in [5, 5.41) is 29.8. The van der Waals surface area contributed by atoms with Crippen LogP contribution in [0.5, 0.6) is 11.5 Å². The zero-order valence-corrected chi connectivity index (χ0v) is 40.9. The van der Waals surface area contributed by atoms with Crippen LogP contribution in [0.3, 0.4) is 0 Å². The maximum Gasteiger partial charge on any atom is 0.328 e. The maximum absolute atomic E-state index is 14.0. The number of benzene rings is 2. The van der Waals surface area contributed by atoms with Gasteiger partial charge in [-0.05, 0) is 160 Å². The van der Waals surface area contributed by atoms with Crippen molar-refractivity contribution in [3.05, 3.63) is 48.5 Å². The number of rotatable bonds is 4. The first-order chi connectivity index (χ1) is 32.8. The van der Waals surface area contributed by atoms with Crippen LogP contribution in [-0.4, -0.2) is 119 Å². The molecule has 2 aromatic rings. The van der Waals surface area contributed by atoms with Crippen LogP contribution in [0.25, 0.3) is 0 Å². The first-order valence-corrected chi connectivity index (χ1v) is 24.5. The summed E-state index contributed by atoms with van der Waals surface area (Å²) in [5.41, 5.74) is 0.0925. The maximum atomic E-state index is 14.0. The van der Waals surface area contributed by atoms with Gasteiger partial charge >= 0.3 is 17.9 Å². The zero-order valence-electron chi connectivity index (χ0n) is 40.9. The number of hydrogen-bond donors (Lipinski definition) is 4.